The molecule has 0 N–H and O–H groups in total. The molecule has 0 heterocycles. The van der Waals surface area contributed by atoms with Crippen LogP contribution in [0.3, 0.4) is 0 Å². The fraction of sp³-hybridized carbons (Fsp3) is 0.417. The summed E-state index contributed by atoms with van der Waals surface area (Å²) in [5, 5.41) is 1.39. The maximum Gasteiger partial charge on any atom is 0.253 e. The van der Waals surface area contributed by atoms with E-state index in [1.165, 1.54) is 0 Å². The largest absolute Gasteiger partial charge is 0.338 e. The zero-order valence-corrected chi connectivity index (χ0v) is 11.6. The van der Waals surface area contributed by atoms with Crippen molar-refractivity contribution >= 4 is 33.4 Å². The van der Waals surface area contributed by atoms with E-state index in [4.69, 9.17) is 11.6 Å². The van der Waals surface area contributed by atoms with Crippen LogP contribution < -0.4 is 0 Å². The minimum absolute atomic E-state index is 0.0452. The summed E-state index contributed by atoms with van der Waals surface area (Å²) in [6, 6.07) is 7.08. The van der Waals surface area contributed by atoms with E-state index in [0.29, 0.717) is 10.6 Å². The van der Waals surface area contributed by atoms with E-state index in [-0.39, 0.29) is 5.91 Å². The van der Waals surface area contributed by atoms with Crippen LogP contribution >= 0.6 is 27.5 Å². The quantitative estimate of drug-likeness (QED) is 0.761. The Morgan fingerprint density at radius 2 is 2.19 bits per heavy atom. The van der Waals surface area contributed by atoms with Gasteiger partial charge in [-0.25, -0.2) is 0 Å². The van der Waals surface area contributed by atoms with E-state index < -0.39 is 0 Å². The molecule has 88 valence electrons. The molecule has 0 aliphatic rings. The van der Waals surface area contributed by atoms with E-state index >= 15 is 0 Å². The van der Waals surface area contributed by atoms with Crippen molar-refractivity contribution in [2.24, 2.45) is 0 Å². The predicted octanol–water partition coefficient (Wildman–Crippen LogP) is 3.59. The molecule has 0 fully saturated rings. The third-order valence-corrected chi connectivity index (χ3v) is 2.80. The number of hydrogen-bond donors (Lipinski definition) is 0. The number of rotatable bonds is 5. The lowest BCUT2D eigenvalue weighted by Crippen LogP contribution is -2.33. The summed E-state index contributed by atoms with van der Waals surface area (Å²) in [5.41, 5.74) is 0.655. The van der Waals surface area contributed by atoms with Gasteiger partial charge in [-0.1, -0.05) is 40.5 Å². The third-order valence-electron chi connectivity index (χ3n) is 2.21. The van der Waals surface area contributed by atoms with Crippen molar-refractivity contribution in [3.8, 4) is 0 Å². The van der Waals surface area contributed by atoms with Gasteiger partial charge in [-0.3, -0.25) is 4.79 Å². The first kappa shape index (κ1) is 13.5. The Morgan fingerprint density at radius 1 is 1.44 bits per heavy atom. The molecule has 0 aliphatic heterocycles. The van der Waals surface area contributed by atoms with Gasteiger partial charge in [0, 0.05) is 29.0 Å². The Balaban J connectivity index is 2.81. The average Bonchev–Trinajstić information content (AvgIpc) is 2.28. The second kappa shape index (κ2) is 6.92. The molecule has 0 saturated heterocycles. The highest BCUT2D eigenvalue weighted by Crippen LogP contribution is 2.13. The van der Waals surface area contributed by atoms with Gasteiger partial charge in [0.1, 0.15) is 0 Å². The van der Waals surface area contributed by atoms with Gasteiger partial charge < -0.3 is 4.90 Å². The molecule has 1 amide bonds. The minimum Gasteiger partial charge on any atom is -0.338 e. The van der Waals surface area contributed by atoms with Gasteiger partial charge in [0.05, 0.1) is 0 Å². The molecule has 1 rings (SSSR count). The monoisotopic (exact) mass is 303 g/mol. The number of carbonyl (C=O) groups excluding carboxylic acids is 1. The van der Waals surface area contributed by atoms with Gasteiger partial charge in [0.2, 0.25) is 0 Å². The molecule has 0 aliphatic carbocycles. The third kappa shape index (κ3) is 3.80. The van der Waals surface area contributed by atoms with Crippen LogP contribution in [0.4, 0.5) is 0 Å². The molecule has 0 unspecified atom stereocenters. The summed E-state index contributed by atoms with van der Waals surface area (Å²) in [6.07, 6.45) is 0.958. The highest BCUT2D eigenvalue weighted by molar-refractivity contribution is 9.09. The number of alkyl halides is 1. The van der Waals surface area contributed by atoms with Crippen LogP contribution in [0.15, 0.2) is 24.3 Å². The highest BCUT2D eigenvalue weighted by Gasteiger charge is 2.14. The number of hydrogen-bond acceptors (Lipinski definition) is 1. The zero-order valence-electron chi connectivity index (χ0n) is 9.25. The first-order valence-electron chi connectivity index (χ1n) is 5.29. The Kier molecular flexibility index (Phi) is 5.85. The second-order valence-electron chi connectivity index (χ2n) is 3.49. The minimum atomic E-state index is 0.0452. The Hall–Kier alpha value is -0.540. The summed E-state index contributed by atoms with van der Waals surface area (Å²) in [5.74, 6) is 0.0452. The molecule has 0 aromatic heterocycles. The van der Waals surface area contributed by atoms with Crippen LogP contribution in [-0.2, 0) is 0 Å². The molecule has 1 aromatic rings. The average molecular weight is 305 g/mol. The Bertz CT molecular complexity index is 351. The van der Waals surface area contributed by atoms with E-state index in [1.807, 2.05) is 4.90 Å². The molecule has 0 spiro atoms. The topological polar surface area (TPSA) is 20.3 Å². The number of amides is 1. The smallest absolute Gasteiger partial charge is 0.253 e. The lowest BCUT2D eigenvalue weighted by atomic mass is 10.2. The standard InChI is InChI=1S/C12H15BrClNO/c1-2-7-15(8-6-13)12(16)10-4-3-5-11(14)9-10/h3-5,9H,2,6-8H2,1H3. The molecule has 0 radical (unpaired) electrons. The zero-order chi connectivity index (χ0) is 12.0. The first-order valence-corrected chi connectivity index (χ1v) is 6.79. The Labute approximate surface area is 110 Å². The molecule has 1 aromatic carbocycles. The van der Waals surface area contributed by atoms with E-state index in [0.717, 1.165) is 24.8 Å². The predicted molar refractivity (Wildman–Crippen MR) is 71.4 cm³/mol. The SMILES string of the molecule is CCCN(CCBr)C(=O)c1cccc(Cl)c1. The van der Waals surface area contributed by atoms with Crippen LogP contribution in [-0.4, -0.2) is 29.2 Å². The fourth-order valence-corrected chi connectivity index (χ4v) is 2.11. The van der Waals surface area contributed by atoms with Gasteiger partial charge in [-0.2, -0.15) is 0 Å². The van der Waals surface area contributed by atoms with Crippen molar-refractivity contribution in [1.29, 1.82) is 0 Å². The summed E-state index contributed by atoms with van der Waals surface area (Å²) in [6.45, 7) is 3.56. The lowest BCUT2D eigenvalue weighted by molar-refractivity contribution is 0.0766. The van der Waals surface area contributed by atoms with E-state index in [1.54, 1.807) is 24.3 Å². The maximum atomic E-state index is 12.1. The number of nitrogens with zero attached hydrogens (tertiary/aromatic N) is 1. The summed E-state index contributed by atoms with van der Waals surface area (Å²) in [7, 11) is 0. The van der Waals surface area contributed by atoms with Crippen molar-refractivity contribution in [3.05, 3.63) is 34.9 Å². The molecule has 0 atom stereocenters. The van der Waals surface area contributed by atoms with Crippen molar-refractivity contribution in [2.45, 2.75) is 13.3 Å². The Morgan fingerprint density at radius 3 is 2.75 bits per heavy atom. The van der Waals surface area contributed by atoms with Gasteiger partial charge in [0.15, 0.2) is 0 Å². The number of carbonyl (C=O) groups is 1. The molecule has 0 saturated carbocycles. The summed E-state index contributed by atoms with van der Waals surface area (Å²) in [4.78, 5) is 14.0. The van der Waals surface area contributed by atoms with Gasteiger partial charge in [0.25, 0.3) is 5.91 Å². The maximum absolute atomic E-state index is 12.1. The molecular formula is C12H15BrClNO. The van der Waals surface area contributed by atoms with Gasteiger partial charge in [-0.15, -0.1) is 0 Å². The summed E-state index contributed by atoms with van der Waals surface area (Å²) < 4.78 is 0. The molecule has 2 nitrogen and oxygen atoms in total. The van der Waals surface area contributed by atoms with E-state index in [9.17, 15) is 4.79 Å². The number of benzene rings is 1. The molecule has 16 heavy (non-hydrogen) atoms. The normalized spacial score (nSPS) is 10.2. The molecule has 0 bridgehead atoms. The lowest BCUT2D eigenvalue weighted by Gasteiger charge is -2.21. The summed E-state index contributed by atoms with van der Waals surface area (Å²) >= 11 is 9.22. The molecule has 4 heteroatoms. The molecular weight excluding hydrogens is 289 g/mol. The van der Waals surface area contributed by atoms with E-state index in [2.05, 4.69) is 22.9 Å². The van der Waals surface area contributed by atoms with Gasteiger partial charge >= 0.3 is 0 Å². The van der Waals surface area contributed by atoms with Crippen molar-refractivity contribution in [2.75, 3.05) is 18.4 Å². The van der Waals surface area contributed by atoms with Crippen molar-refractivity contribution in [1.82, 2.24) is 4.90 Å². The van der Waals surface area contributed by atoms with Crippen molar-refractivity contribution in [3.63, 3.8) is 0 Å². The van der Waals surface area contributed by atoms with Crippen molar-refractivity contribution < 1.29 is 4.79 Å². The van der Waals surface area contributed by atoms with Crippen LogP contribution in [0.2, 0.25) is 5.02 Å². The second-order valence-corrected chi connectivity index (χ2v) is 4.72. The van der Waals surface area contributed by atoms with Crippen LogP contribution in [0, 0.1) is 0 Å². The van der Waals surface area contributed by atoms with Crippen LogP contribution in [0.1, 0.15) is 23.7 Å². The highest BCUT2D eigenvalue weighted by atomic mass is 79.9. The van der Waals surface area contributed by atoms with Gasteiger partial charge in [-0.05, 0) is 24.6 Å². The first-order chi connectivity index (χ1) is 7.69. The van der Waals surface area contributed by atoms with Crippen LogP contribution in [0.5, 0.6) is 0 Å². The number of halogens is 2. The van der Waals surface area contributed by atoms with Crippen LogP contribution in [0.25, 0.3) is 0 Å². The fourth-order valence-electron chi connectivity index (χ4n) is 1.49.